The van der Waals surface area contributed by atoms with Crippen molar-refractivity contribution in [2.24, 2.45) is 11.3 Å². The molecule has 3 aliphatic rings. The summed E-state index contributed by atoms with van der Waals surface area (Å²) in [5, 5.41) is 0. The lowest BCUT2D eigenvalue weighted by atomic mass is 9.64. The molecule has 170 valence electrons. The highest BCUT2D eigenvalue weighted by atomic mass is 16.5. The minimum Gasteiger partial charge on any atom is -0.487 e. The van der Waals surface area contributed by atoms with Gasteiger partial charge in [-0.2, -0.15) is 0 Å². The smallest absolute Gasteiger partial charge is 0.253 e. The first-order chi connectivity index (χ1) is 15.4. The van der Waals surface area contributed by atoms with Gasteiger partial charge in [0.05, 0.1) is 19.3 Å². The third kappa shape index (κ3) is 3.82. The van der Waals surface area contributed by atoms with E-state index in [0.717, 1.165) is 55.8 Å². The predicted molar refractivity (Wildman–Crippen MR) is 123 cm³/mol. The summed E-state index contributed by atoms with van der Waals surface area (Å²) in [6, 6.07) is 16.1. The Morgan fingerprint density at radius 1 is 1.12 bits per heavy atom. The SMILES string of the molecule is COCc1cccc(C(=O)N2CCC3(CC2)CO[C@@H]2c4ccccc4OC(C)(C)[C@H]2C3)c1. The molecule has 0 aromatic heterocycles. The summed E-state index contributed by atoms with van der Waals surface area (Å²) in [6.45, 7) is 7.19. The zero-order chi connectivity index (χ0) is 22.3. The molecule has 1 spiro atoms. The standard InChI is InChI=1S/C27H33NO4/c1-26(2)22-16-27(18-31-24(22)21-9-4-5-10-23(21)32-26)11-13-28(14-12-27)25(29)20-8-6-7-19(15-20)17-30-3/h4-10,15,22,24H,11-14,16-18H2,1-3H3/t22-,24+/m0/s1. The van der Waals surface area contributed by atoms with E-state index in [1.54, 1.807) is 7.11 Å². The summed E-state index contributed by atoms with van der Waals surface area (Å²) in [4.78, 5) is 15.1. The first-order valence-electron chi connectivity index (χ1n) is 11.7. The number of piperidine rings is 1. The highest BCUT2D eigenvalue weighted by Gasteiger charge is 2.52. The van der Waals surface area contributed by atoms with Gasteiger partial charge in [-0.15, -0.1) is 0 Å². The van der Waals surface area contributed by atoms with Crippen LogP contribution in [0.2, 0.25) is 0 Å². The van der Waals surface area contributed by atoms with Crippen molar-refractivity contribution >= 4 is 5.91 Å². The quantitative estimate of drug-likeness (QED) is 0.680. The van der Waals surface area contributed by atoms with E-state index in [2.05, 4.69) is 26.0 Å². The van der Waals surface area contributed by atoms with Crippen LogP contribution in [0.25, 0.3) is 0 Å². The van der Waals surface area contributed by atoms with Gasteiger partial charge in [-0.3, -0.25) is 4.79 Å². The first-order valence-corrected chi connectivity index (χ1v) is 11.7. The largest absolute Gasteiger partial charge is 0.487 e. The van der Waals surface area contributed by atoms with E-state index >= 15 is 0 Å². The number of hydrogen-bond donors (Lipinski definition) is 0. The third-order valence-corrected chi connectivity index (χ3v) is 7.68. The van der Waals surface area contributed by atoms with Gasteiger partial charge in [0.15, 0.2) is 0 Å². The molecule has 0 unspecified atom stereocenters. The lowest BCUT2D eigenvalue weighted by Crippen LogP contribution is -2.54. The summed E-state index contributed by atoms with van der Waals surface area (Å²) >= 11 is 0. The van der Waals surface area contributed by atoms with Crippen LogP contribution in [0.1, 0.15) is 60.7 Å². The van der Waals surface area contributed by atoms with Crippen LogP contribution < -0.4 is 4.74 Å². The van der Waals surface area contributed by atoms with Gasteiger partial charge in [0.25, 0.3) is 5.91 Å². The van der Waals surface area contributed by atoms with Crippen LogP contribution in [0.15, 0.2) is 48.5 Å². The molecule has 1 amide bonds. The second-order valence-corrected chi connectivity index (χ2v) is 10.2. The molecule has 5 nitrogen and oxygen atoms in total. The molecule has 0 N–H and O–H groups in total. The molecule has 5 heteroatoms. The molecule has 5 rings (SSSR count). The number of carbonyl (C=O) groups excluding carboxylic acids is 1. The number of methoxy groups -OCH3 is 1. The Bertz CT molecular complexity index is 993. The fraction of sp³-hybridized carbons (Fsp3) is 0.519. The summed E-state index contributed by atoms with van der Waals surface area (Å²) in [7, 11) is 1.67. The van der Waals surface area contributed by atoms with E-state index in [1.165, 1.54) is 5.56 Å². The van der Waals surface area contributed by atoms with E-state index in [-0.39, 0.29) is 23.0 Å². The highest BCUT2D eigenvalue weighted by Crippen LogP contribution is 2.55. The molecule has 3 aliphatic heterocycles. The number of benzene rings is 2. The Kier molecular flexibility index (Phi) is 5.50. The second-order valence-electron chi connectivity index (χ2n) is 10.2. The number of hydrogen-bond acceptors (Lipinski definition) is 4. The monoisotopic (exact) mass is 435 g/mol. The number of amides is 1. The first kappa shape index (κ1) is 21.5. The van der Waals surface area contributed by atoms with Crippen molar-refractivity contribution in [1.82, 2.24) is 4.90 Å². The number of carbonyl (C=O) groups is 1. The van der Waals surface area contributed by atoms with Crippen LogP contribution in [0.3, 0.4) is 0 Å². The van der Waals surface area contributed by atoms with Crippen LogP contribution in [0.5, 0.6) is 5.75 Å². The molecule has 2 aromatic carbocycles. The van der Waals surface area contributed by atoms with Crippen molar-refractivity contribution in [3.8, 4) is 5.75 Å². The Hall–Kier alpha value is -2.37. The third-order valence-electron chi connectivity index (χ3n) is 7.68. The molecule has 2 fully saturated rings. The minimum atomic E-state index is -0.277. The van der Waals surface area contributed by atoms with E-state index < -0.39 is 0 Å². The van der Waals surface area contributed by atoms with Crippen molar-refractivity contribution in [3.63, 3.8) is 0 Å². The summed E-state index contributed by atoms with van der Waals surface area (Å²) in [5.41, 5.74) is 2.78. The summed E-state index contributed by atoms with van der Waals surface area (Å²) < 4.78 is 18.2. The van der Waals surface area contributed by atoms with Crippen molar-refractivity contribution < 1.29 is 19.0 Å². The fourth-order valence-electron chi connectivity index (χ4n) is 5.78. The molecule has 32 heavy (non-hydrogen) atoms. The Labute approximate surface area is 190 Å². The maximum Gasteiger partial charge on any atom is 0.253 e. The van der Waals surface area contributed by atoms with Crippen molar-refractivity contribution in [1.29, 1.82) is 0 Å². The molecule has 2 saturated heterocycles. The lowest BCUT2D eigenvalue weighted by molar-refractivity contribution is -0.173. The number of ether oxygens (including phenoxy) is 3. The average molecular weight is 436 g/mol. The Morgan fingerprint density at radius 2 is 1.91 bits per heavy atom. The zero-order valence-corrected chi connectivity index (χ0v) is 19.3. The van der Waals surface area contributed by atoms with Gasteiger partial charge < -0.3 is 19.1 Å². The van der Waals surface area contributed by atoms with Gasteiger partial charge in [-0.05, 0) is 62.3 Å². The van der Waals surface area contributed by atoms with Gasteiger partial charge in [0.1, 0.15) is 11.4 Å². The molecule has 0 radical (unpaired) electrons. The van der Waals surface area contributed by atoms with E-state index in [0.29, 0.717) is 12.5 Å². The summed E-state index contributed by atoms with van der Waals surface area (Å²) in [6.07, 6.45) is 3.10. The topological polar surface area (TPSA) is 48.0 Å². The zero-order valence-electron chi connectivity index (χ0n) is 19.3. The van der Waals surface area contributed by atoms with Crippen LogP contribution >= 0.6 is 0 Å². The second kappa shape index (κ2) is 8.20. The number of para-hydroxylation sites is 1. The molecule has 2 atom stereocenters. The highest BCUT2D eigenvalue weighted by molar-refractivity contribution is 5.94. The molecule has 3 heterocycles. The molecule has 0 saturated carbocycles. The van der Waals surface area contributed by atoms with Crippen LogP contribution in [-0.4, -0.2) is 43.2 Å². The molecule has 0 aliphatic carbocycles. The number of nitrogens with zero attached hydrogens (tertiary/aromatic N) is 1. The molecule has 0 bridgehead atoms. The van der Waals surface area contributed by atoms with Crippen LogP contribution in [0, 0.1) is 11.3 Å². The predicted octanol–water partition coefficient (Wildman–Crippen LogP) is 5.00. The number of rotatable bonds is 3. The Morgan fingerprint density at radius 3 is 2.69 bits per heavy atom. The van der Waals surface area contributed by atoms with Gasteiger partial charge >= 0.3 is 0 Å². The van der Waals surface area contributed by atoms with E-state index in [1.807, 2.05) is 41.3 Å². The van der Waals surface area contributed by atoms with Gasteiger partial charge in [-0.25, -0.2) is 0 Å². The van der Waals surface area contributed by atoms with E-state index in [4.69, 9.17) is 14.2 Å². The van der Waals surface area contributed by atoms with Crippen molar-refractivity contribution in [3.05, 3.63) is 65.2 Å². The average Bonchev–Trinajstić information content (AvgIpc) is 2.80. The normalized spacial score (nSPS) is 25.5. The maximum absolute atomic E-state index is 13.1. The van der Waals surface area contributed by atoms with E-state index in [9.17, 15) is 4.79 Å². The number of likely N-dealkylation sites (tertiary alicyclic amines) is 1. The maximum atomic E-state index is 13.1. The van der Waals surface area contributed by atoms with Crippen molar-refractivity contribution in [2.45, 2.75) is 51.4 Å². The lowest BCUT2D eigenvalue weighted by Gasteiger charge is -2.54. The molecular weight excluding hydrogens is 402 g/mol. The van der Waals surface area contributed by atoms with Crippen LogP contribution in [0.4, 0.5) is 0 Å². The van der Waals surface area contributed by atoms with Gasteiger partial charge in [-0.1, -0.05) is 30.3 Å². The minimum absolute atomic E-state index is 0.0868. The van der Waals surface area contributed by atoms with Gasteiger partial charge in [0.2, 0.25) is 0 Å². The van der Waals surface area contributed by atoms with Crippen molar-refractivity contribution in [2.75, 3.05) is 26.8 Å². The number of fused-ring (bicyclic) bond motifs is 3. The molecular formula is C27H33NO4. The molecule has 2 aromatic rings. The van der Waals surface area contributed by atoms with Gasteiger partial charge in [0, 0.05) is 37.2 Å². The summed E-state index contributed by atoms with van der Waals surface area (Å²) in [5.74, 6) is 1.37. The Balaban J connectivity index is 1.28. The van der Waals surface area contributed by atoms with Crippen LogP contribution in [-0.2, 0) is 16.1 Å². The fourth-order valence-corrected chi connectivity index (χ4v) is 5.78.